The van der Waals surface area contributed by atoms with Gasteiger partial charge in [0, 0.05) is 36.4 Å². The number of methoxy groups -OCH3 is 2. The Morgan fingerprint density at radius 3 is 2.40 bits per heavy atom. The van der Waals surface area contributed by atoms with Crippen molar-refractivity contribution in [3.05, 3.63) is 76.6 Å². The highest BCUT2D eigenvalue weighted by molar-refractivity contribution is 7.19. The van der Waals surface area contributed by atoms with E-state index in [-0.39, 0.29) is 5.91 Å². The lowest BCUT2D eigenvalue weighted by Crippen LogP contribution is -2.25. The zero-order valence-electron chi connectivity index (χ0n) is 17.1. The molecule has 6 nitrogen and oxygen atoms in total. The van der Waals surface area contributed by atoms with Crippen molar-refractivity contribution < 1.29 is 14.3 Å². The van der Waals surface area contributed by atoms with Gasteiger partial charge in [0.15, 0.2) is 0 Å². The molecule has 7 heteroatoms. The predicted molar refractivity (Wildman–Crippen MR) is 119 cm³/mol. The Morgan fingerprint density at radius 1 is 1.03 bits per heavy atom. The van der Waals surface area contributed by atoms with Crippen molar-refractivity contribution >= 4 is 27.5 Å². The summed E-state index contributed by atoms with van der Waals surface area (Å²) in [6.45, 7) is 3.06. The molecule has 0 saturated carbocycles. The van der Waals surface area contributed by atoms with Crippen LogP contribution in [0, 0.1) is 6.92 Å². The molecule has 1 aromatic carbocycles. The van der Waals surface area contributed by atoms with Gasteiger partial charge in [0.25, 0.3) is 5.91 Å². The van der Waals surface area contributed by atoms with E-state index in [0.29, 0.717) is 18.8 Å². The number of pyridine rings is 1. The summed E-state index contributed by atoms with van der Waals surface area (Å²) in [7, 11) is 3.26. The minimum absolute atomic E-state index is 0.109. The first-order valence-corrected chi connectivity index (χ1v) is 10.4. The van der Waals surface area contributed by atoms with Crippen LogP contribution in [0.1, 0.15) is 26.5 Å². The summed E-state index contributed by atoms with van der Waals surface area (Å²) in [5.41, 5.74) is 3.68. The van der Waals surface area contributed by atoms with Gasteiger partial charge in [0.2, 0.25) is 0 Å². The molecule has 154 valence electrons. The molecule has 0 spiro atoms. The number of amides is 1. The maximum absolute atomic E-state index is 13.0. The van der Waals surface area contributed by atoms with Gasteiger partial charge in [-0.05, 0) is 54.4 Å². The van der Waals surface area contributed by atoms with E-state index in [2.05, 4.69) is 27.9 Å². The summed E-state index contributed by atoms with van der Waals surface area (Å²) in [5, 5.41) is 3.02. The van der Waals surface area contributed by atoms with Gasteiger partial charge in [0.05, 0.1) is 24.4 Å². The summed E-state index contributed by atoms with van der Waals surface area (Å²) < 4.78 is 13.9. The monoisotopic (exact) mass is 421 g/mol. The van der Waals surface area contributed by atoms with Crippen LogP contribution in [-0.2, 0) is 13.1 Å². The third-order valence-electron chi connectivity index (χ3n) is 4.90. The van der Waals surface area contributed by atoms with Gasteiger partial charge in [-0.1, -0.05) is 0 Å². The molecule has 0 bridgehead atoms. The Kier molecular flexibility index (Phi) is 5.72. The largest absolute Gasteiger partial charge is 0.497 e. The molecule has 3 heterocycles. The summed E-state index contributed by atoms with van der Waals surface area (Å²) in [6.07, 6.45) is 3.44. The molecule has 0 unspecified atom stereocenters. The number of ether oxygens (including phenoxy) is 2. The van der Waals surface area contributed by atoms with E-state index in [1.807, 2.05) is 36.4 Å². The van der Waals surface area contributed by atoms with Gasteiger partial charge >= 0.3 is 0 Å². The third-order valence-corrected chi connectivity index (χ3v) is 5.89. The molecular formula is C23H23N3O3S. The second-order valence-electron chi connectivity index (χ2n) is 6.98. The minimum Gasteiger partial charge on any atom is -0.497 e. The highest BCUT2D eigenvalue weighted by Gasteiger charge is 2.18. The molecule has 4 rings (SSSR count). The maximum Gasteiger partial charge on any atom is 0.268 e. The van der Waals surface area contributed by atoms with Crippen molar-refractivity contribution in [1.29, 1.82) is 0 Å². The van der Waals surface area contributed by atoms with Crippen LogP contribution in [0.15, 0.2) is 54.9 Å². The molecule has 0 fully saturated rings. The molecule has 0 aliphatic heterocycles. The highest BCUT2D eigenvalue weighted by atomic mass is 32.1. The maximum atomic E-state index is 13.0. The number of rotatable bonds is 7. The van der Waals surface area contributed by atoms with Crippen LogP contribution in [0.25, 0.3) is 10.2 Å². The van der Waals surface area contributed by atoms with Crippen LogP contribution in [-0.4, -0.2) is 29.7 Å². The van der Waals surface area contributed by atoms with Crippen LogP contribution in [0.2, 0.25) is 0 Å². The second-order valence-corrected chi connectivity index (χ2v) is 8.27. The summed E-state index contributed by atoms with van der Waals surface area (Å²) in [6, 6.07) is 13.6. The highest BCUT2D eigenvalue weighted by Crippen LogP contribution is 2.31. The van der Waals surface area contributed by atoms with E-state index < -0.39 is 0 Å². The van der Waals surface area contributed by atoms with Crippen molar-refractivity contribution in [3.8, 4) is 11.5 Å². The van der Waals surface area contributed by atoms with Gasteiger partial charge < -0.3 is 19.4 Å². The zero-order valence-corrected chi connectivity index (χ0v) is 18.0. The quantitative estimate of drug-likeness (QED) is 0.480. The zero-order chi connectivity index (χ0) is 21.1. The fourth-order valence-corrected chi connectivity index (χ4v) is 4.40. The smallest absolute Gasteiger partial charge is 0.268 e. The summed E-state index contributed by atoms with van der Waals surface area (Å²) in [5.74, 6) is 1.33. The van der Waals surface area contributed by atoms with Crippen molar-refractivity contribution in [2.24, 2.45) is 0 Å². The van der Waals surface area contributed by atoms with Gasteiger partial charge in [-0.25, -0.2) is 0 Å². The fraction of sp³-hybridized carbons (Fsp3) is 0.217. The standard InChI is InChI=1S/C23H23N3O3S/c1-15-8-20-22(30-15)12-21(23(27)25-13-16-4-6-24-7-5-16)26(20)14-17-9-18(28-2)11-19(10-17)29-3/h4-12H,13-14H2,1-3H3,(H,25,27). The number of aryl methyl sites for hydroxylation is 1. The predicted octanol–water partition coefficient (Wildman–Crippen LogP) is 4.40. The van der Waals surface area contributed by atoms with E-state index >= 15 is 0 Å². The number of carbonyl (C=O) groups is 1. The van der Waals surface area contributed by atoms with Crippen LogP contribution in [0.3, 0.4) is 0 Å². The Morgan fingerprint density at radius 2 is 1.73 bits per heavy atom. The number of thiophene rings is 1. The minimum atomic E-state index is -0.109. The Balaban J connectivity index is 1.67. The number of fused-ring (bicyclic) bond motifs is 1. The molecule has 0 aliphatic carbocycles. The molecule has 3 aromatic heterocycles. The Bertz CT molecular complexity index is 1160. The summed E-state index contributed by atoms with van der Waals surface area (Å²) >= 11 is 1.69. The third kappa shape index (κ3) is 4.16. The van der Waals surface area contributed by atoms with E-state index in [4.69, 9.17) is 9.47 Å². The van der Waals surface area contributed by atoms with Gasteiger partial charge in [0.1, 0.15) is 17.2 Å². The Labute approximate surface area is 179 Å². The molecule has 0 atom stereocenters. The first-order chi connectivity index (χ1) is 14.6. The van der Waals surface area contributed by atoms with Crippen LogP contribution >= 0.6 is 11.3 Å². The normalized spacial score (nSPS) is 10.9. The van der Waals surface area contributed by atoms with E-state index in [1.165, 1.54) is 4.88 Å². The molecule has 30 heavy (non-hydrogen) atoms. The number of hydrogen-bond acceptors (Lipinski definition) is 5. The first-order valence-electron chi connectivity index (χ1n) is 9.56. The lowest BCUT2D eigenvalue weighted by atomic mass is 10.2. The fourth-order valence-electron chi connectivity index (χ4n) is 3.44. The number of nitrogens with zero attached hydrogens (tertiary/aromatic N) is 2. The molecule has 0 saturated heterocycles. The number of carbonyl (C=O) groups excluding carboxylic acids is 1. The Hall–Kier alpha value is -3.32. The molecule has 0 radical (unpaired) electrons. The summed E-state index contributed by atoms with van der Waals surface area (Å²) in [4.78, 5) is 18.3. The van der Waals surface area contributed by atoms with Gasteiger partial charge in [-0.2, -0.15) is 0 Å². The second kappa shape index (κ2) is 8.59. The molecule has 4 aromatic rings. The van der Waals surface area contributed by atoms with Crippen LogP contribution in [0.4, 0.5) is 0 Å². The molecule has 0 aliphatic rings. The van der Waals surface area contributed by atoms with E-state index in [9.17, 15) is 4.79 Å². The van der Waals surface area contributed by atoms with Crippen LogP contribution in [0.5, 0.6) is 11.5 Å². The van der Waals surface area contributed by atoms with E-state index in [1.54, 1.807) is 38.0 Å². The average molecular weight is 422 g/mol. The molecule has 1 N–H and O–H groups in total. The number of hydrogen-bond donors (Lipinski definition) is 1. The van der Waals surface area contributed by atoms with Crippen LogP contribution < -0.4 is 14.8 Å². The topological polar surface area (TPSA) is 65.4 Å². The van der Waals surface area contributed by atoms with Gasteiger partial charge in [-0.3, -0.25) is 9.78 Å². The number of nitrogens with one attached hydrogen (secondary N) is 1. The SMILES string of the molecule is COc1cc(Cn2c(C(=O)NCc3ccncc3)cc3sc(C)cc32)cc(OC)c1. The number of aromatic nitrogens is 2. The average Bonchev–Trinajstić information content (AvgIpc) is 3.29. The van der Waals surface area contributed by atoms with Crippen molar-refractivity contribution in [1.82, 2.24) is 14.9 Å². The van der Waals surface area contributed by atoms with Crippen molar-refractivity contribution in [2.75, 3.05) is 14.2 Å². The molecule has 1 amide bonds. The van der Waals surface area contributed by atoms with Crippen molar-refractivity contribution in [3.63, 3.8) is 0 Å². The van der Waals surface area contributed by atoms with Crippen molar-refractivity contribution in [2.45, 2.75) is 20.0 Å². The lowest BCUT2D eigenvalue weighted by Gasteiger charge is -2.13. The first kappa shape index (κ1) is 20.0. The van der Waals surface area contributed by atoms with E-state index in [0.717, 1.165) is 32.8 Å². The lowest BCUT2D eigenvalue weighted by molar-refractivity contribution is 0.0942. The number of benzene rings is 1. The molecular weight excluding hydrogens is 398 g/mol. The van der Waals surface area contributed by atoms with Gasteiger partial charge in [-0.15, -0.1) is 11.3 Å².